The summed E-state index contributed by atoms with van der Waals surface area (Å²) in [5.74, 6) is -0.962. The lowest BCUT2D eigenvalue weighted by molar-refractivity contribution is -0.384. The molecule has 196 valence electrons. The van der Waals surface area contributed by atoms with Crippen molar-refractivity contribution in [3.63, 3.8) is 0 Å². The maximum absolute atomic E-state index is 13.7. The third-order valence-corrected chi connectivity index (χ3v) is 6.79. The van der Waals surface area contributed by atoms with Crippen LogP contribution in [0.5, 0.6) is 5.75 Å². The van der Waals surface area contributed by atoms with Crippen LogP contribution in [0.25, 0.3) is 0 Å². The standard InChI is InChI=1S/C24H32N4O7S/c1-6-20(24(30)25-7-2)26(15-18-11-9-8-10-17(18)3)23(29)16-27(36(5,33)34)21-14-19(28(31)32)12-13-22(21)35-4/h8-14,20H,6-7,15-16H2,1-5H3,(H,25,30)/t20-/m1/s1. The summed E-state index contributed by atoms with van der Waals surface area (Å²) in [4.78, 5) is 38.5. The largest absolute Gasteiger partial charge is 0.495 e. The highest BCUT2D eigenvalue weighted by Crippen LogP contribution is 2.34. The zero-order valence-electron chi connectivity index (χ0n) is 21.1. The van der Waals surface area contributed by atoms with E-state index in [-0.39, 0.29) is 29.6 Å². The van der Waals surface area contributed by atoms with Gasteiger partial charge in [0, 0.05) is 25.2 Å². The summed E-state index contributed by atoms with van der Waals surface area (Å²) in [5, 5.41) is 14.1. The smallest absolute Gasteiger partial charge is 0.271 e. The molecule has 0 aliphatic rings. The number of nitrogens with zero attached hydrogens (tertiary/aromatic N) is 3. The number of methoxy groups -OCH3 is 1. The minimum Gasteiger partial charge on any atom is -0.495 e. The average molecular weight is 521 g/mol. The molecule has 2 aromatic rings. The molecule has 0 aliphatic carbocycles. The quantitative estimate of drug-likeness (QED) is 0.335. The van der Waals surface area contributed by atoms with Gasteiger partial charge in [0.2, 0.25) is 21.8 Å². The number of anilines is 1. The van der Waals surface area contributed by atoms with Crippen LogP contribution in [0, 0.1) is 17.0 Å². The summed E-state index contributed by atoms with van der Waals surface area (Å²) in [5.41, 5.74) is 1.19. The van der Waals surface area contributed by atoms with Crippen LogP contribution in [0.2, 0.25) is 0 Å². The Hall–Kier alpha value is -3.67. The molecule has 0 fully saturated rings. The minimum atomic E-state index is -4.08. The van der Waals surface area contributed by atoms with Crippen LogP contribution in [0.1, 0.15) is 31.4 Å². The summed E-state index contributed by atoms with van der Waals surface area (Å²) in [6.45, 7) is 5.15. The molecular formula is C24H32N4O7S. The second-order valence-corrected chi connectivity index (χ2v) is 10.1. The van der Waals surface area contributed by atoms with Crippen LogP contribution < -0.4 is 14.4 Å². The molecular weight excluding hydrogens is 488 g/mol. The molecule has 0 heterocycles. The molecule has 2 amide bonds. The van der Waals surface area contributed by atoms with Crippen molar-refractivity contribution in [2.45, 2.75) is 39.8 Å². The number of likely N-dealkylation sites (N-methyl/N-ethyl adjacent to an activating group) is 1. The first kappa shape index (κ1) is 28.6. The lowest BCUT2D eigenvalue weighted by Gasteiger charge is -2.33. The number of ether oxygens (including phenoxy) is 1. The number of carbonyl (C=O) groups excluding carboxylic acids is 2. The van der Waals surface area contributed by atoms with Crippen LogP contribution in [-0.2, 0) is 26.2 Å². The number of sulfonamides is 1. The van der Waals surface area contributed by atoms with E-state index in [1.165, 1.54) is 24.1 Å². The molecule has 0 saturated heterocycles. The van der Waals surface area contributed by atoms with E-state index in [4.69, 9.17) is 4.74 Å². The van der Waals surface area contributed by atoms with Crippen molar-refractivity contribution in [2.24, 2.45) is 0 Å². The number of carbonyl (C=O) groups is 2. The number of aryl methyl sites for hydroxylation is 1. The van der Waals surface area contributed by atoms with Gasteiger partial charge in [-0.15, -0.1) is 0 Å². The van der Waals surface area contributed by atoms with Crippen molar-refractivity contribution in [3.05, 3.63) is 63.7 Å². The fourth-order valence-electron chi connectivity index (χ4n) is 3.76. The molecule has 11 nitrogen and oxygen atoms in total. The van der Waals surface area contributed by atoms with E-state index >= 15 is 0 Å². The highest BCUT2D eigenvalue weighted by atomic mass is 32.2. The number of hydrogen-bond acceptors (Lipinski definition) is 7. The first-order valence-corrected chi connectivity index (χ1v) is 13.2. The van der Waals surface area contributed by atoms with Crippen LogP contribution in [0.3, 0.4) is 0 Å². The molecule has 0 bridgehead atoms. The van der Waals surface area contributed by atoms with Gasteiger partial charge < -0.3 is 15.0 Å². The highest BCUT2D eigenvalue weighted by molar-refractivity contribution is 7.92. The third-order valence-electron chi connectivity index (χ3n) is 5.66. The normalized spacial score (nSPS) is 11.9. The maximum Gasteiger partial charge on any atom is 0.271 e. The average Bonchev–Trinajstić information content (AvgIpc) is 2.82. The second-order valence-electron chi connectivity index (χ2n) is 8.15. The first-order valence-electron chi connectivity index (χ1n) is 11.4. The van der Waals surface area contributed by atoms with E-state index < -0.39 is 33.4 Å². The van der Waals surface area contributed by atoms with Crippen molar-refractivity contribution in [1.82, 2.24) is 10.2 Å². The predicted molar refractivity (Wildman–Crippen MR) is 136 cm³/mol. The summed E-state index contributed by atoms with van der Waals surface area (Å²) < 4.78 is 31.5. The zero-order valence-corrected chi connectivity index (χ0v) is 21.9. The monoisotopic (exact) mass is 520 g/mol. The topological polar surface area (TPSA) is 139 Å². The minimum absolute atomic E-state index is 0.0417. The molecule has 0 spiro atoms. The molecule has 1 atom stereocenters. The Morgan fingerprint density at radius 3 is 2.36 bits per heavy atom. The Kier molecular flexibility index (Phi) is 9.79. The van der Waals surface area contributed by atoms with Crippen molar-refractivity contribution in [2.75, 3.05) is 30.8 Å². The fourth-order valence-corrected chi connectivity index (χ4v) is 4.61. The molecule has 2 rings (SSSR count). The van der Waals surface area contributed by atoms with E-state index in [0.717, 1.165) is 27.8 Å². The van der Waals surface area contributed by atoms with Gasteiger partial charge in [-0.2, -0.15) is 0 Å². The molecule has 0 aliphatic heterocycles. The number of benzene rings is 2. The fraction of sp³-hybridized carbons (Fsp3) is 0.417. The van der Waals surface area contributed by atoms with Crippen LogP contribution >= 0.6 is 0 Å². The van der Waals surface area contributed by atoms with Gasteiger partial charge in [-0.3, -0.25) is 24.0 Å². The van der Waals surface area contributed by atoms with Crippen LogP contribution in [0.15, 0.2) is 42.5 Å². The van der Waals surface area contributed by atoms with Crippen LogP contribution in [-0.4, -0.2) is 62.6 Å². The molecule has 0 radical (unpaired) electrons. The number of amides is 2. The zero-order chi connectivity index (χ0) is 27.0. The molecule has 0 saturated carbocycles. The molecule has 0 unspecified atom stereocenters. The van der Waals surface area contributed by atoms with E-state index in [0.29, 0.717) is 13.0 Å². The molecule has 36 heavy (non-hydrogen) atoms. The van der Waals surface area contributed by atoms with Gasteiger partial charge in [0.1, 0.15) is 24.0 Å². The van der Waals surface area contributed by atoms with E-state index in [1.807, 2.05) is 31.2 Å². The number of rotatable bonds is 12. The summed E-state index contributed by atoms with van der Waals surface area (Å²) in [7, 11) is -2.79. The van der Waals surface area contributed by atoms with E-state index in [2.05, 4.69) is 5.32 Å². The number of nitrogens with one attached hydrogen (secondary N) is 1. The van der Waals surface area contributed by atoms with Gasteiger partial charge in [-0.25, -0.2) is 8.42 Å². The highest BCUT2D eigenvalue weighted by Gasteiger charge is 2.33. The second kappa shape index (κ2) is 12.3. The number of non-ortho nitro benzene ring substituents is 1. The Labute approximate surface area is 211 Å². The Morgan fingerprint density at radius 2 is 1.83 bits per heavy atom. The van der Waals surface area contributed by atoms with Crippen molar-refractivity contribution >= 4 is 33.2 Å². The van der Waals surface area contributed by atoms with Gasteiger partial charge >= 0.3 is 0 Å². The van der Waals surface area contributed by atoms with Crippen molar-refractivity contribution < 1.29 is 27.7 Å². The lowest BCUT2D eigenvalue weighted by Crippen LogP contribution is -2.52. The number of nitro groups is 1. The number of hydrogen-bond donors (Lipinski definition) is 1. The van der Waals surface area contributed by atoms with Gasteiger partial charge in [-0.05, 0) is 37.5 Å². The summed E-state index contributed by atoms with van der Waals surface area (Å²) in [6.07, 6.45) is 1.19. The van der Waals surface area contributed by atoms with Gasteiger partial charge in [0.15, 0.2) is 0 Å². The van der Waals surface area contributed by atoms with Gasteiger partial charge in [0.05, 0.1) is 18.3 Å². The van der Waals surface area contributed by atoms with Gasteiger partial charge in [0.25, 0.3) is 5.69 Å². The lowest BCUT2D eigenvalue weighted by atomic mass is 10.1. The van der Waals surface area contributed by atoms with Crippen LogP contribution in [0.4, 0.5) is 11.4 Å². The SMILES string of the molecule is CCNC(=O)[C@@H](CC)N(Cc1ccccc1C)C(=O)CN(c1cc([N+](=O)[O-])ccc1OC)S(C)(=O)=O. The molecule has 2 aromatic carbocycles. The molecule has 1 N–H and O–H groups in total. The summed E-state index contributed by atoms with van der Waals surface area (Å²) in [6, 6.07) is 10.0. The van der Waals surface area contributed by atoms with Crippen molar-refractivity contribution in [1.29, 1.82) is 0 Å². The maximum atomic E-state index is 13.7. The molecule has 0 aromatic heterocycles. The summed E-state index contributed by atoms with van der Waals surface area (Å²) >= 11 is 0. The third kappa shape index (κ3) is 6.94. The first-order chi connectivity index (χ1) is 16.9. The molecule has 12 heteroatoms. The Morgan fingerprint density at radius 1 is 1.17 bits per heavy atom. The van der Waals surface area contributed by atoms with Gasteiger partial charge in [-0.1, -0.05) is 31.2 Å². The Bertz CT molecular complexity index is 1220. The van der Waals surface area contributed by atoms with E-state index in [9.17, 15) is 28.1 Å². The van der Waals surface area contributed by atoms with Crippen molar-refractivity contribution in [3.8, 4) is 5.75 Å². The number of nitro benzene ring substituents is 1. The predicted octanol–water partition coefficient (Wildman–Crippen LogP) is 2.62. The Balaban J connectivity index is 2.57. The van der Waals surface area contributed by atoms with E-state index in [1.54, 1.807) is 13.8 Å².